The van der Waals surface area contributed by atoms with Crippen LogP contribution in [0.25, 0.3) is 11.1 Å². The second-order valence-electron chi connectivity index (χ2n) is 17.1. The third-order valence-corrected chi connectivity index (χ3v) is 11.4. The van der Waals surface area contributed by atoms with E-state index < -0.39 is 47.3 Å². The number of carbonyl (C=O) groups is 5. The summed E-state index contributed by atoms with van der Waals surface area (Å²) in [7, 11) is 1.49. The van der Waals surface area contributed by atoms with E-state index in [4.69, 9.17) is 31.4 Å². The lowest BCUT2D eigenvalue weighted by atomic mass is 9.88. The Morgan fingerprint density at radius 1 is 0.924 bits per heavy atom. The molecule has 0 aliphatic carbocycles. The topological polar surface area (TPSA) is 256 Å². The fourth-order valence-corrected chi connectivity index (χ4v) is 8.01. The van der Waals surface area contributed by atoms with Gasteiger partial charge in [0, 0.05) is 75.0 Å². The molecule has 350 valence electrons. The molecular weight excluding hydrogens is 841 g/mol. The van der Waals surface area contributed by atoms with E-state index in [1.54, 1.807) is 44.2 Å². The molecule has 4 bridgehead atoms. The number of ether oxygens (including phenoxy) is 3. The van der Waals surface area contributed by atoms with Crippen molar-refractivity contribution < 1.29 is 38.2 Å². The van der Waals surface area contributed by atoms with Crippen molar-refractivity contribution in [2.45, 2.75) is 84.7 Å². The molecular formula is C50H62N8O8. The van der Waals surface area contributed by atoms with Gasteiger partial charge in [0.05, 0.1) is 23.4 Å². The van der Waals surface area contributed by atoms with Gasteiger partial charge in [-0.3, -0.25) is 24.0 Å². The average Bonchev–Trinajstić information content (AvgIpc) is 3.29. The van der Waals surface area contributed by atoms with Gasteiger partial charge in [0.25, 0.3) is 0 Å². The molecule has 7 N–H and O–H groups in total. The first-order chi connectivity index (χ1) is 31.7. The Bertz CT molecular complexity index is 2400. The molecule has 2 amide bonds. The number of aryl methyl sites for hydroxylation is 1. The summed E-state index contributed by atoms with van der Waals surface area (Å²) in [5.41, 5.74) is 21.6. The molecule has 16 nitrogen and oxygen atoms in total. The molecule has 1 aliphatic rings. The third kappa shape index (κ3) is 13.3. The zero-order chi connectivity index (χ0) is 47.9. The second-order valence-corrected chi connectivity index (χ2v) is 17.1. The van der Waals surface area contributed by atoms with Gasteiger partial charge in [0.2, 0.25) is 11.8 Å². The summed E-state index contributed by atoms with van der Waals surface area (Å²) in [6, 6.07) is 17.9. The van der Waals surface area contributed by atoms with Crippen molar-refractivity contribution in [3.05, 3.63) is 94.8 Å². The minimum Gasteiger partial charge on any atom is -0.492 e. The maximum atomic E-state index is 14.7. The lowest BCUT2D eigenvalue weighted by Gasteiger charge is -2.32. The predicted octanol–water partition coefficient (Wildman–Crippen LogP) is 5.36. The number of benzene rings is 3. The SMILES string of the molecule is Cc1nc(Oc2ccc(CC(C)C)cc2)ncc1C(=O)C[C@@H](CCN)C(=O)N(C)[C@@H]1C(=O)C[C@@H](C)C(=O)N[C@H](C(=O)CCC#N)Cc2ccc(OCCN)c(c2)-c2cc1ccc2OCCN. The summed E-state index contributed by atoms with van der Waals surface area (Å²) in [5.74, 6) is -2.25. The number of aromatic nitrogens is 2. The van der Waals surface area contributed by atoms with Crippen LogP contribution in [-0.4, -0.2) is 90.0 Å². The smallest absolute Gasteiger partial charge is 0.322 e. The highest BCUT2D eigenvalue weighted by atomic mass is 16.5. The Kier molecular flexibility index (Phi) is 18.4. The quantitative estimate of drug-likeness (QED) is 0.0815. The van der Waals surface area contributed by atoms with Crippen LogP contribution < -0.4 is 36.7 Å². The molecule has 5 rings (SSSR count). The monoisotopic (exact) mass is 902 g/mol. The molecule has 4 aromatic rings. The zero-order valence-electron chi connectivity index (χ0n) is 38.5. The normalized spacial score (nSPS) is 16.6. The molecule has 0 saturated carbocycles. The maximum absolute atomic E-state index is 14.7. The van der Waals surface area contributed by atoms with E-state index in [1.165, 1.54) is 23.7 Å². The van der Waals surface area contributed by atoms with Crippen molar-refractivity contribution in [2.75, 3.05) is 39.9 Å². The number of nitrogens with one attached hydrogen (secondary N) is 1. The first-order valence-electron chi connectivity index (χ1n) is 22.4. The first-order valence-corrected chi connectivity index (χ1v) is 22.4. The number of hydrogen-bond acceptors (Lipinski definition) is 14. The number of amides is 2. The van der Waals surface area contributed by atoms with Crippen molar-refractivity contribution in [3.63, 3.8) is 0 Å². The number of ketones is 3. The molecule has 0 unspecified atom stereocenters. The van der Waals surface area contributed by atoms with Crippen LogP contribution in [0.4, 0.5) is 0 Å². The predicted molar refractivity (Wildman–Crippen MR) is 249 cm³/mol. The summed E-state index contributed by atoms with van der Waals surface area (Å²) in [6.45, 7) is 8.36. The van der Waals surface area contributed by atoms with Crippen molar-refractivity contribution >= 4 is 29.2 Å². The molecule has 4 atom stereocenters. The van der Waals surface area contributed by atoms with Gasteiger partial charge >= 0.3 is 6.01 Å². The van der Waals surface area contributed by atoms with Crippen LogP contribution in [0.2, 0.25) is 0 Å². The van der Waals surface area contributed by atoms with Gasteiger partial charge in [-0.25, -0.2) is 4.98 Å². The number of hydrogen-bond donors (Lipinski definition) is 4. The fraction of sp³-hybridized carbons (Fsp3) is 0.440. The molecule has 2 heterocycles. The summed E-state index contributed by atoms with van der Waals surface area (Å²) < 4.78 is 18.1. The second kappa shape index (κ2) is 24.1. The molecule has 66 heavy (non-hydrogen) atoms. The van der Waals surface area contributed by atoms with Crippen LogP contribution in [0.1, 0.15) is 91.7 Å². The van der Waals surface area contributed by atoms with Crippen LogP contribution in [0, 0.1) is 36.0 Å². The van der Waals surface area contributed by atoms with Gasteiger partial charge in [0.1, 0.15) is 36.5 Å². The Morgan fingerprint density at radius 3 is 2.21 bits per heavy atom. The Morgan fingerprint density at radius 2 is 1.59 bits per heavy atom. The number of Topliss-reactive ketones (excluding diaryl/α,β-unsaturated/α-hetero) is 3. The van der Waals surface area contributed by atoms with Gasteiger partial charge in [-0.2, -0.15) is 10.2 Å². The van der Waals surface area contributed by atoms with Crippen LogP contribution in [0.3, 0.4) is 0 Å². The average molecular weight is 903 g/mol. The van der Waals surface area contributed by atoms with Gasteiger partial charge in [-0.15, -0.1) is 0 Å². The summed E-state index contributed by atoms with van der Waals surface area (Å²) >= 11 is 0. The van der Waals surface area contributed by atoms with E-state index in [2.05, 4.69) is 29.1 Å². The standard InChI is InChI=1S/C50H62N8O8/c1-30(2)23-33-8-12-37(13-9-33)66-50-55-29-40(32(4)56-50)43(60)28-36(16-18-52)49(63)58(5)47-35-11-15-46(65-22-20-54)39(27-35)38-25-34(10-14-45(38)64-21-19-53)26-41(42(59)7-6-17-51)57-48(62)31(3)24-44(47)61/h8-15,25,27,29-31,36,41,47H,6-7,16,18-24,26,28,52-54H2,1-5H3,(H,57,62)/t31-,36-,41+,47+/m1/s1. The van der Waals surface area contributed by atoms with Crippen molar-refractivity contribution in [1.82, 2.24) is 20.2 Å². The van der Waals surface area contributed by atoms with Crippen LogP contribution in [0.15, 0.2) is 66.9 Å². The Labute approximate surface area is 386 Å². The maximum Gasteiger partial charge on any atom is 0.322 e. The number of nitriles is 1. The van der Waals surface area contributed by atoms with Gasteiger partial charge in [0.15, 0.2) is 17.3 Å². The lowest BCUT2D eigenvalue weighted by molar-refractivity contribution is -0.142. The number of rotatable bonds is 20. The fourth-order valence-electron chi connectivity index (χ4n) is 8.01. The molecule has 0 saturated heterocycles. The molecule has 16 heteroatoms. The lowest BCUT2D eigenvalue weighted by Crippen LogP contribution is -2.46. The van der Waals surface area contributed by atoms with Crippen LogP contribution in [0.5, 0.6) is 23.3 Å². The zero-order valence-corrected chi connectivity index (χ0v) is 38.5. The van der Waals surface area contributed by atoms with E-state index in [-0.39, 0.29) is 88.7 Å². The number of nitrogens with zero attached hydrogens (tertiary/aromatic N) is 4. The van der Waals surface area contributed by atoms with Crippen molar-refractivity contribution in [3.8, 4) is 40.5 Å². The minimum absolute atomic E-state index is 0.0351. The molecule has 0 spiro atoms. The molecule has 0 fully saturated rings. The number of likely N-dealkylation sites (N-methyl/N-ethyl adjacent to an activating group) is 1. The van der Waals surface area contributed by atoms with Crippen molar-refractivity contribution in [1.29, 1.82) is 5.26 Å². The highest BCUT2D eigenvalue weighted by Crippen LogP contribution is 2.41. The van der Waals surface area contributed by atoms with Crippen LogP contribution in [-0.2, 0) is 32.0 Å². The van der Waals surface area contributed by atoms with Gasteiger partial charge in [-0.05, 0) is 91.7 Å². The van der Waals surface area contributed by atoms with E-state index in [1.807, 2.05) is 36.4 Å². The van der Waals surface area contributed by atoms with E-state index >= 15 is 0 Å². The molecule has 1 aromatic heterocycles. The highest BCUT2D eigenvalue weighted by Gasteiger charge is 2.36. The Balaban J connectivity index is 1.52. The minimum atomic E-state index is -1.25. The number of carbonyl (C=O) groups excluding carboxylic acids is 5. The van der Waals surface area contributed by atoms with Gasteiger partial charge in [-0.1, -0.05) is 45.0 Å². The highest BCUT2D eigenvalue weighted by molar-refractivity contribution is 6.00. The van der Waals surface area contributed by atoms with E-state index in [9.17, 15) is 29.2 Å². The summed E-state index contributed by atoms with van der Waals surface area (Å²) in [4.78, 5) is 80.7. The Hall–Kier alpha value is -6.54. The first kappa shape index (κ1) is 50.5. The molecule has 3 aromatic carbocycles. The molecule has 1 aliphatic heterocycles. The van der Waals surface area contributed by atoms with E-state index in [0.29, 0.717) is 51.1 Å². The summed E-state index contributed by atoms with van der Waals surface area (Å²) in [5, 5.41) is 12.1. The largest absolute Gasteiger partial charge is 0.492 e. The number of nitrogens with two attached hydrogens (primary N) is 3. The van der Waals surface area contributed by atoms with Gasteiger partial charge < -0.3 is 41.6 Å². The third-order valence-electron chi connectivity index (χ3n) is 11.4. The van der Waals surface area contributed by atoms with Crippen LogP contribution >= 0.6 is 0 Å². The van der Waals surface area contributed by atoms with Crippen molar-refractivity contribution in [2.24, 2.45) is 35.0 Å². The van der Waals surface area contributed by atoms with E-state index in [0.717, 1.165) is 6.42 Å². The molecule has 0 radical (unpaired) electrons. The summed E-state index contributed by atoms with van der Waals surface area (Å²) in [6.07, 6.45) is 1.85. The number of fused-ring (bicyclic) bond motifs is 5.